The zero-order valence-electron chi connectivity index (χ0n) is 23.3. The molecule has 0 aliphatic carbocycles. The number of nitro groups is 4. The minimum Gasteiger partial charge on any atom is -0.430 e. The molecule has 4 aromatic rings. The molecule has 232 valence electrons. The largest absolute Gasteiger partial charge is 0.430 e. The van der Waals surface area contributed by atoms with Crippen molar-refractivity contribution in [3.63, 3.8) is 0 Å². The summed E-state index contributed by atoms with van der Waals surface area (Å²) in [5.41, 5.74) is -0.911. The number of nitro benzene ring substituents is 4. The topological polar surface area (TPSA) is 219 Å². The molecule has 0 atom stereocenters. The van der Waals surface area contributed by atoms with E-state index in [2.05, 4.69) is 0 Å². The van der Waals surface area contributed by atoms with Crippen molar-refractivity contribution in [1.82, 2.24) is 0 Å². The van der Waals surface area contributed by atoms with Crippen molar-refractivity contribution in [2.24, 2.45) is 0 Å². The summed E-state index contributed by atoms with van der Waals surface area (Å²) >= 11 is 0. The second-order valence-corrected chi connectivity index (χ2v) is 9.24. The molecule has 0 aromatic heterocycles. The number of nitrogens with zero attached hydrogens (tertiary/aromatic N) is 4. The van der Waals surface area contributed by atoms with E-state index in [0.29, 0.717) is 0 Å². The fourth-order valence-electron chi connectivity index (χ4n) is 3.86. The minimum atomic E-state index is -2.21. The quantitative estimate of drug-likeness (QED) is 0.0857. The van der Waals surface area contributed by atoms with Crippen LogP contribution in [0.1, 0.15) is 13.8 Å². The van der Waals surface area contributed by atoms with Gasteiger partial charge in [0.2, 0.25) is 0 Å². The lowest BCUT2D eigenvalue weighted by Crippen LogP contribution is -2.54. The van der Waals surface area contributed by atoms with E-state index < -0.39 is 31.6 Å². The van der Waals surface area contributed by atoms with Crippen LogP contribution in [0.25, 0.3) is 0 Å². The maximum Gasteiger partial charge on any atom is 0.374 e. The zero-order chi connectivity index (χ0) is 32.8. The first-order valence-corrected chi connectivity index (χ1v) is 12.7. The highest BCUT2D eigenvalue weighted by atomic mass is 17.0. The Labute approximate surface area is 252 Å². The van der Waals surface area contributed by atoms with E-state index in [0.717, 1.165) is 0 Å². The normalized spacial score (nSPS) is 11.2. The minimum absolute atomic E-state index is 0.0260. The Kier molecular flexibility index (Phi) is 9.04. The Morgan fingerprint density at radius 3 is 0.733 bits per heavy atom. The van der Waals surface area contributed by atoms with Crippen LogP contribution in [0, 0.1) is 40.5 Å². The van der Waals surface area contributed by atoms with Crippen LogP contribution >= 0.6 is 0 Å². The zero-order valence-corrected chi connectivity index (χ0v) is 23.3. The van der Waals surface area contributed by atoms with Crippen LogP contribution in [0.15, 0.2) is 97.1 Å². The molecule has 0 saturated carbocycles. The fraction of sp³-hybridized carbons (Fsp3) is 0.143. The predicted molar refractivity (Wildman–Crippen MR) is 153 cm³/mol. The van der Waals surface area contributed by atoms with E-state index in [1.807, 2.05) is 0 Å². The molecule has 0 bridgehead atoms. The molecule has 0 aliphatic heterocycles. The van der Waals surface area contributed by atoms with E-state index in [9.17, 15) is 40.5 Å². The number of hydrogen-bond donors (Lipinski definition) is 0. The average Bonchev–Trinajstić information content (AvgIpc) is 2.97. The second kappa shape index (κ2) is 12.9. The molecule has 0 spiro atoms. The van der Waals surface area contributed by atoms with Gasteiger partial charge in [0.05, 0.1) is 19.7 Å². The van der Waals surface area contributed by atoms with Gasteiger partial charge in [-0.1, -0.05) is 0 Å². The van der Waals surface area contributed by atoms with Gasteiger partial charge in [-0.25, -0.2) is 4.74 Å². The standard InChI is InChI=1S/C28H22N4O13/c1-27(41-23-11-3-19(4-12-23)29(33)34,42-24-13-5-20(6-14-24)30(35)36)45-28(2,43-25-15-7-21(8-16-25)31(37)38)44-26-17-9-22(10-18-26)32(39)40/h3-18H,1-2H3. The highest BCUT2D eigenvalue weighted by Crippen LogP contribution is 2.34. The van der Waals surface area contributed by atoms with Gasteiger partial charge in [0.1, 0.15) is 23.0 Å². The number of rotatable bonds is 14. The van der Waals surface area contributed by atoms with E-state index >= 15 is 0 Å². The van der Waals surface area contributed by atoms with Gasteiger partial charge in [-0.15, -0.1) is 0 Å². The highest BCUT2D eigenvalue weighted by Gasteiger charge is 2.45. The molecular formula is C28H22N4O13. The van der Waals surface area contributed by atoms with Crippen LogP contribution in [-0.4, -0.2) is 31.6 Å². The maximum absolute atomic E-state index is 11.1. The van der Waals surface area contributed by atoms with Crippen molar-refractivity contribution in [2.45, 2.75) is 25.8 Å². The summed E-state index contributed by atoms with van der Waals surface area (Å²) in [7, 11) is 0. The van der Waals surface area contributed by atoms with E-state index in [1.54, 1.807) is 0 Å². The molecule has 17 nitrogen and oxygen atoms in total. The third kappa shape index (κ3) is 8.36. The average molecular weight is 622 g/mol. The lowest BCUT2D eigenvalue weighted by atomic mass is 10.3. The van der Waals surface area contributed by atoms with Gasteiger partial charge in [0.25, 0.3) is 22.7 Å². The summed E-state index contributed by atoms with van der Waals surface area (Å²) in [6, 6.07) is 19.5. The van der Waals surface area contributed by atoms with Gasteiger partial charge < -0.3 is 18.9 Å². The number of hydrogen-bond acceptors (Lipinski definition) is 13. The Balaban J connectivity index is 1.73. The number of ether oxygens (including phenoxy) is 5. The maximum atomic E-state index is 11.1. The van der Waals surface area contributed by atoms with E-state index in [-0.39, 0.29) is 45.7 Å². The summed E-state index contributed by atoms with van der Waals surface area (Å²) in [6.07, 6.45) is 0. The van der Waals surface area contributed by atoms with Crippen LogP contribution < -0.4 is 18.9 Å². The van der Waals surface area contributed by atoms with Crippen LogP contribution in [-0.2, 0) is 4.74 Å². The lowest BCUT2D eigenvalue weighted by molar-refractivity contribution is -0.420. The molecule has 0 heterocycles. The molecule has 0 unspecified atom stereocenters. The Hall–Kier alpha value is -6.36. The third-order valence-corrected chi connectivity index (χ3v) is 5.77. The Morgan fingerprint density at radius 2 is 0.578 bits per heavy atom. The third-order valence-electron chi connectivity index (χ3n) is 5.77. The Morgan fingerprint density at radius 1 is 0.400 bits per heavy atom. The molecule has 17 heteroatoms. The monoisotopic (exact) mass is 622 g/mol. The summed E-state index contributed by atoms with van der Waals surface area (Å²) < 4.78 is 29.9. The van der Waals surface area contributed by atoms with Gasteiger partial charge >= 0.3 is 11.9 Å². The summed E-state index contributed by atoms with van der Waals surface area (Å²) in [5, 5.41) is 44.5. The number of benzene rings is 4. The van der Waals surface area contributed by atoms with Crippen LogP contribution in [0.5, 0.6) is 23.0 Å². The van der Waals surface area contributed by atoms with E-state index in [4.69, 9.17) is 23.7 Å². The smallest absolute Gasteiger partial charge is 0.374 e. The molecule has 0 N–H and O–H groups in total. The predicted octanol–water partition coefficient (Wildman–Crippen LogP) is 6.30. The SMILES string of the molecule is CC(Oc1ccc([N+](=O)[O-])cc1)(Oc1ccc([N+](=O)[O-])cc1)OC(C)(Oc1ccc([N+](=O)[O-])cc1)Oc1ccc([N+](=O)[O-])cc1. The van der Waals surface area contributed by atoms with Crippen molar-refractivity contribution < 1.29 is 43.4 Å². The van der Waals surface area contributed by atoms with Crippen LogP contribution in [0.3, 0.4) is 0 Å². The molecule has 0 amide bonds. The van der Waals surface area contributed by atoms with E-state index in [1.165, 1.54) is 111 Å². The lowest BCUT2D eigenvalue weighted by Gasteiger charge is -2.38. The van der Waals surface area contributed by atoms with Crippen molar-refractivity contribution in [2.75, 3.05) is 0 Å². The van der Waals surface area contributed by atoms with Crippen molar-refractivity contribution in [3.8, 4) is 23.0 Å². The van der Waals surface area contributed by atoms with Crippen molar-refractivity contribution in [3.05, 3.63) is 138 Å². The van der Waals surface area contributed by atoms with Gasteiger partial charge in [-0.3, -0.25) is 40.5 Å². The molecule has 45 heavy (non-hydrogen) atoms. The fourth-order valence-corrected chi connectivity index (χ4v) is 3.86. The highest BCUT2D eigenvalue weighted by molar-refractivity contribution is 5.39. The van der Waals surface area contributed by atoms with Gasteiger partial charge in [-0.05, 0) is 48.5 Å². The first-order chi connectivity index (χ1) is 21.2. The molecular weight excluding hydrogens is 600 g/mol. The Bertz CT molecular complexity index is 1450. The van der Waals surface area contributed by atoms with Gasteiger partial charge in [0.15, 0.2) is 0 Å². The molecule has 0 radical (unpaired) electrons. The van der Waals surface area contributed by atoms with Gasteiger partial charge in [-0.2, -0.15) is 0 Å². The first kappa shape index (κ1) is 31.6. The van der Waals surface area contributed by atoms with Gasteiger partial charge in [0, 0.05) is 62.4 Å². The molecule has 0 saturated heterocycles. The van der Waals surface area contributed by atoms with Crippen molar-refractivity contribution in [1.29, 1.82) is 0 Å². The van der Waals surface area contributed by atoms with Crippen molar-refractivity contribution >= 4 is 22.7 Å². The van der Waals surface area contributed by atoms with Crippen LogP contribution in [0.2, 0.25) is 0 Å². The summed E-state index contributed by atoms with van der Waals surface area (Å²) in [4.78, 5) is 42.1. The molecule has 0 aliphatic rings. The summed E-state index contributed by atoms with van der Waals surface area (Å²) in [6.45, 7) is 2.57. The molecule has 4 aromatic carbocycles. The molecule has 0 fully saturated rings. The second-order valence-electron chi connectivity index (χ2n) is 9.24. The number of non-ortho nitro benzene ring substituents is 4. The molecule has 4 rings (SSSR count). The summed E-state index contributed by atoms with van der Waals surface area (Å²) in [5.74, 6) is -4.31. The first-order valence-electron chi connectivity index (χ1n) is 12.7. The van der Waals surface area contributed by atoms with Crippen LogP contribution in [0.4, 0.5) is 22.7 Å².